The van der Waals surface area contributed by atoms with Crippen molar-refractivity contribution in [2.75, 3.05) is 94.9 Å². The molecule has 0 radical (unpaired) electrons. The molecule has 0 aromatic heterocycles. The number of carbonyl (C=O) groups is 2. The van der Waals surface area contributed by atoms with Crippen LogP contribution in [-0.2, 0) is 38.6 Å². The summed E-state index contributed by atoms with van der Waals surface area (Å²) in [5.74, 6) is 5.89. The minimum atomic E-state index is -0.313. The topological polar surface area (TPSA) is 130 Å². The molecule has 208 valence electrons. The lowest BCUT2D eigenvalue weighted by Gasteiger charge is -2.06. The van der Waals surface area contributed by atoms with Gasteiger partial charge in [-0.05, 0) is 0 Å². The van der Waals surface area contributed by atoms with E-state index in [9.17, 15) is 9.59 Å². The van der Waals surface area contributed by atoms with Gasteiger partial charge in [0.25, 0.3) is 0 Å². The van der Waals surface area contributed by atoms with Gasteiger partial charge in [-0.25, -0.2) is 19.6 Å². The summed E-state index contributed by atoms with van der Waals surface area (Å²) in [5, 5.41) is 17.3. The summed E-state index contributed by atoms with van der Waals surface area (Å²) in [5.41, 5.74) is 0. The van der Waals surface area contributed by atoms with Gasteiger partial charge < -0.3 is 19.7 Å². The fourth-order valence-electron chi connectivity index (χ4n) is 1.57. The normalized spacial score (nSPS) is 11.0. The Kier molecular flexibility index (Phi) is 32.4. The summed E-state index contributed by atoms with van der Waals surface area (Å²) in [6.45, 7) is 0.711. The third-order valence-corrected chi connectivity index (χ3v) is 8.76. The number of rotatable bonds is 28. The van der Waals surface area contributed by atoms with E-state index in [-0.39, 0.29) is 47.2 Å². The van der Waals surface area contributed by atoms with Gasteiger partial charge in [0, 0.05) is 34.5 Å². The molecular weight excluding hydrogens is 601 g/mol. The van der Waals surface area contributed by atoms with Gasteiger partial charge in [-0.1, -0.05) is 11.8 Å². The molecule has 0 aromatic rings. The predicted octanol–water partition coefficient (Wildman–Crippen LogP) is 2.83. The van der Waals surface area contributed by atoms with Crippen LogP contribution in [0.3, 0.4) is 0 Å². The van der Waals surface area contributed by atoms with Gasteiger partial charge in [-0.15, -0.1) is 70.6 Å². The van der Waals surface area contributed by atoms with E-state index in [2.05, 4.69) is 0 Å². The molecule has 0 fully saturated rings. The van der Waals surface area contributed by atoms with E-state index in [0.717, 1.165) is 23.0 Å². The summed E-state index contributed by atoms with van der Waals surface area (Å²) in [4.78, 5) is 43.1. The van der Waals surface area contributed by atoms with E-state index in [0.29, 0.717) is 36.6 Å². The van der Waals surface area contributed by atoms with Gasteiger partial charge in [-0.3, -0.25) is 9.59 Å². The van der Waals surface area contributed by atoms with Crippen LogP contribution in [-0.4, -0.2) is 117 Å². The van der Waals surface area contributed by atoms with Gasteiger partial charge >= 0.3 is 11.9 Å². The quantitative estimate of drug-likeness (QED) is 0.0430. The van der Waals surface area contributed by atoms with Gasteiger partial charge in [0.1, 0.15) is 23.8 Å². The standard InChI is InChI=1S/C18H34O10S7/c19-11-31-5-7-33-13-23-17(21)9-29-4-2-26-28-16-35-14-24-18(22)10-30-3-1-25-27-15-34-8-6-32-12-20/h19-20H,1-16H2. The summed E-state index contributed by atoms with van der Waals surface area (Å²) in [7, 11) is 0. The van der Waals surface area contributed by atoms with Crippen LogP contribution in [0.2, 0.25) is 0 Å². The first-order chi connectivity index (χ1) is 17.2. The number of aliphatic hydroxyl groups is 2. The Morgan fingerprint density at radius 3 is 1.43 bits per heavy atom. The first-order valence-corrected chi connectivity index (χ1v) is 18.3. The van der Waals surface area contributed by atoms with E-state index >= 15 is 0 Å². The summed E-state index contributed by atoms with van der Waals surface area (Å²) < 4.78 is 10.1. The van der Waals surface area contributed by atoms with Crippen molar-refractivity contribution < 1.29 is 48.8 Å². The number of thioether (sulfide) groups is 7. The Bertz CT molecular complexity index is 483. The highest BCUT2D eigenvalue weighted by molar-refractivity contribution is 8.03. The van der Waals surface area contributed by atoms with Gasteiger partial charge in [-0.2, -0.15) is 0 Å². The van der Waals surface area contributed by atoms with Crippen LogP contribution >= 0.6 is 82.3 Å². The molecule has 0 aliphatic rings. The number of hydrogen-bond donors (Lipinski definition) is 2. The largest absolute Gasteiger partial charge is 0.454 e. The number of hydrogen-bond acceptors (Lipinski definition) is 17. The van der Waals surface area contributed by atoms with Crippen LogP contribution in [0.5, 0.6) is 0 Å². The average molecular weight is 635 g/mol. The maximum absolute atomic E-state index is 11.6. The van der Waals surface area contributed by atoms with E-state index < -0.39 is 0 Å². The molecule has 0 saturated heterocycles. The smallest absolute Gasteiger partial charge is 0.316 e. The second-order valence-corrected chi connectivity index (χ2v) is 12.9. The third-order valence-electron chi connectivity index (χ3n) is 3.02. The van der Waals surface area contributed by atoms with E-state index in [1.54, 1.807) is 11.8 Å². The molecule has 0 aliphatic carbocycles. The van der Waals surface area contributed by atoms with Crippen molar-refractivity contribution in [3.05, 3.63) is 0 Å². The summed E-state index contributed by atoms with van der Waals surface area (Å²) in [6, 6.07) is 0. The Morgan fingerprint density at radius 2 is 0.914 bits per heavy atom. The van der Waals surface area contributed by atoms with Crippen LogP contribution in [0.1, 0.15) is 0 Å². The van der Waals surface area contributed by atoms with Crippen LogP contribution in [0.15, 0.2) is 0 Å². The number of ether oxygens (including phenoxy) is 2. The van der Waals surface area contributed by atoms with Crippen LogP contribution in [0.4, 0.5) is 0 Å². The van der Waals surface area contributed by atoms with Crippen molar-refractivity contribution in [1.29, 1.82) is 0 Å². The second kappa shape index (κ2) is 31.4. The Labute approximate surface area is 236 Å². The molecule has 0 atom stereocenters. The molecule has 0 unspecified atom stereocenters. The Balaban J connectivity index is 3.23. The van der Waals surface area contributed by atoms with Crippen LogP contribution in [0, 0.1) is 0 Å². The van der Waals surface area contributed by atoms with Crippen molar-refractivity contribution in [2.24, 2.45) is 0 Å². The summed E-state index contributed by atoms with van der Waals surface area (Å²) in [6.07, 6.45) is 0. The first kappa shape index (κ1) is 36.1. The molecule has 0 rings (SSSR count). The molecule has 0 aromatic carbocycles. The molecule has 0 spiro atoms. The molecule has 35 heavy (non-hydrogen) atoms. The number of aliphatic hydroxyl groups excluding tert-OH is 2. The molecule has 0 heterocycles. The molecule has 2 N–H and O–H groups in total. The highest BCUT2D eigenvalue weighted by atomic mass is 32.2. The lowest BCUT2D eigenvalue weighted by Crippen LogP contribution is -2.10. The van der Waals surface area contributed by atoms with Crippen molar-refractivity contribution in [3.8, 4) is 0 Å². The number of esters is 2. The second-order valence-electron chi connectivity index (χ2n) is 5.58. The van der Waals surface area contributed by atoms with E-state index in [4.69, 9.17) is 39.2 Å². The minimum Gasteiger partial charge on any atom is -0.454 e. The SMILES string of the molecule is O=C(CSCCOOCSCOC(=O)CSCCOOCSCCSCO)OCSCCSCO. The zero-order valence-corrected chi connectivity index (χ0v) is 25.0. The lowest BCUT2D eigenvalue weighted by atomic mass is 10.8. The zero-order chi connectivity index (χ0) is 25.7. The molecule has 0 saturated carbocycles. The van der Waals surface area contributed by atoms with E-state index in [1.807, 2.05) is 0 Å². The maximum Gasteiger partial charge on any atom is 0.316 e. The molecule has 0 amide bonds. The third kappa shape index (κ3) is 31.3. The zero-order valence-electron chi connectivity index (χ0n) is 19.3. The summed E-state index contributed by atoms with van der Waals surface area (Å²) >= 11 is 10.0. The maximum atomic E-state index is 11.6. The van der Waals surface area contributed by atoms with Crippen LogP contribution < -0.4 is 0 Å². The average Bonchev–Trinajstić information content (AvgIpc) is 2.85. The van der Waals surface area contributed by atoms with Crippen molar-refractivity contribution in [3.63, 3.8) is 0 Å². The lowest BCUT2D eigenvalue weighted by molar-refractivity contribution is -0.274. The molecule has 0 bridgehead atoms. The highest BCUT2D eigenvalue weighted by Crippen LogP contribution is 2.09. The minimum absolute atomic E-state index is 0.107. The fourth-order valence-corrected chi connectivity index (χ4v) is 5.88. The van der Waals surface area contributed by atoms with Crippen molar-refractivity contribution >= 4 is 94.3 Å². The number of carbonyl (C=O) groups excluding carboxylic acids is 2. The molecule has 10 nitrogen and oxygen atoms in total. The monoisotopic (exact) mass is 634 g/mol. The van der Waals surface area contributed by atoms with Crippen molar-refractivity contribution in [2.45, 2.75) is 0 Å². The Hall–Kier alpha value is 1.15. The van der Waals surface area contributed by atoms with Crippen molar-refractivity contribution in [1.82, 2.24) is 0 Å². The van der Waals surface area contributed by atoms with Gasteiger partial charge in [0.15, 0.2) is 0 Å². The molecule has 17 heteroatoms. The van der Waals surface area contributed by atoms with Gasteiger partial charge in [0.2, 0.25) is 0 Å². The molecular formula is C18H34O10S7. The van der Waals surface area contributed by atoms with Crippen LogP contribution in [0.25, 0.3) is 0 Å². The Morgan fingerprint density at radius 1 is 0.486 bits per heavy atom. The molecule has 0 aliphatic heterocycles. The van der Waals surface area contributed by atoms with E-state index in [1.165, 1.54) is 70.6 Å². The highest BCUT2D eigenvalue weighted by Gasteiger charge is 2.05. The fraction of sp³-hybridized carbons (Fsp3) is 0.889. The first-order valence-electron chi connectivity index (χ1n) is 10.3. The predicted molar refractivity (Wildman–Crippen MR) is 152 cm³/mol. The van der Waals surface area contributed by atoms with Gasteiger partial charge in [0.05, 0.1) is 36.6 Å².